The van der Waals surface area contributed by atoms with E-state index in [9.17, 15) is 9.90 Å². The second-order valence-electron chi connectivity index (χ2n) is 6.49. The van der Waals surface area contributed by atoms with Crippen molar-refractivity contribution in [3.63, 3.8) is 0 Å². The molecule has 0 aliphatic carbocycles. The summed E-state index contributed by atoms with van der Waals surface area (Å²) in [6.45, 7) is 4.45. The molecule has 146 valence electrons. The van der Waals surface area contributed by atoms with Crippen LogP contribution in [0.3, 0.4) is 0 Å². The van der Waals surface area contributed by atoms with E-state index in [-0.39, 0.29) is 18.2 Å². The fourth-order valence-electron chi connectivity index (χ4n) is 2.93. The Hall–Kier alpha value is -2.67. The third-order valence-corrected chi connectivity index (χ3v) is 4.91. The molecular formula is C21H22BrN3O3. The number of ether oxygens (including phenoxy) is 1. The number of amides is 1. The summed E-state index contributed by atoms with van der Waals surface area (Å²) in [4.78, 5) is 12.1. The Balaban J connectivity index is 1.82. The summed E-state index contributed by atoms with van der Waals surface area (Å²) in [5.41, 5.74) is 2.08. The molecule has 0 unspecified atom stereocenters. The summed E-state index contributed by atoms with van der Waals surface area (Å²) in [6, 6.07) is 13.1. The van der Waals surface area contributed by atoms with Crippen LogP contribution in [0.15, 0.2) is 57.2 Å². The molecule has 0 saturated carbocycles. The van der Waals surface area contributed by atoms with Crippen molar-refractivity contribution < 1.29 is 14.6 Å². The molecule has 2 aromatic carbocycles. The molecule has 0 atom stereocenters. The van der Waals surface area contributed by atoms with E-state index in [1.54, 1.807) is 10.6 Å². The average molecular weight is 444 g/mol. The summed E-state index contributed by atoms with van der Waals surface area (Å²) in [6.07, 6.45) is 1.93. The number of aromatic nitrogens is 1. The van der Waals surface area contributed by atoms with Crippen LogP contribution in [0.5, 0.6) is 11.6 Å². The van der Waals surface area contributed by atoms with Crippen LogP contribution in [-0.4, -0.2) is 22.2 Å². The normalized spacial score (nSPS) is 11.4. The molecule has 0 aliphatic rings. The van der Waals surface area contributed by atoms with Gasteiger partial charge in [-0.15, -0.1) is 10.2 Å². The first-order valence-corrected chi connectivity index (χ1v) is 9.94. The van der Waals surface area contributed by atoms with Crippen LogP contribution in [-0.2, 0) is 11.3 Å². The number of carbonyl (C=O) groups excluding carboxylic acids is 1. The van der Waals surface area contributed by atoms with E-state index in [4.69, 9.17) is 4.74 Å². The van der Waals surface area contributed by atoms with E-state index in [1.807, 2.05) is 43.3 Å². The van der Waals surface area contributed by atoms with Gasteiger partial charge in [0.25, 0.3) is 0 Å². The standard InChI is InChI=1S/C21H22BrN3O3/c1-3-4-11-25-17-10-9-15(22)12-16(17)20(21(25)27)24-23-19(26)13-28-18-8-6-5-7-14(18)2/h5-10,12,27H,3-4,11,13H2,1-2H3. The molecule has 0 aliphatic heterocycles. The second kappa shape index (κ2) is 9.01. The summed E-state index contributed by atoms with van der Waals surface area (Å²) in [5.74, 6) is 0.124. The Bertz CT molecular complexity index is 1030. The number of aromatic hydroxyl groups is 1. The number of nitrogens with zero attached hydrogens (tertiary/aromatic N) is 3. The minimum Gasteiger partial charge on any atom is -0.493 e. The van der Waals surface area contributed by atoms with Crippen LogP contribution in [0.25, 0.3) is 10.9 Å². The van der Waals surface area contributed by atoms with Crippen LogP contribution < -0.4 is 4.74 Å². The molecule has 3 rings (SSSR count). The Labute approximate surface area is 172 Å². The molecule has 6 nitrogen and oxygen atoms in total. The zero-order chi connectivity index (χ0) is 20.1. The Morgan fingerprint density at radius 1 is 1.25 bits per heavy atom. The van der Waals surface area contributed by atoms with Gasteiger partial charge in [0.15, 0.2) is 12.3 Å². The van der Waals surface area contributed by atoms with Gasteiger partial charge in [-0.3, -0.25) is 4.79 Å². The molecular weight excluding hydrogens is 422 g/mol. The summed E-state index contributed by atoms with van der Waals surface area (Å²) in [5, 5.41) is 19.2. The highest BCUT2D eigenvalue weighted by atomic mass is 79.9. The predicted octanol–water partition coefficient (Wildman–Crippen LogP) is 5.91. The molecule has 1 amide bonds. The van der Waals surface area contributed by atoms with Gasteiger partial charge < -0.3 is 14.4 Å². The Morgan fingerprint density at radius 2 is 2.04 bits per heavy atom. The lowest BCUT2D eigenvalue weighted by molar-refractivity contribution is -0.120. The first-order valence-electron chi connectivity index (χ1n) is 9.15. The van der Waals surface area contributed by atoms with Gasteiger partial charge in [-0.1, -0.05) is 47.5 Å². The van der Waals surface area contributed by atoms with Crippen LogP contribution in [0, 0.1) is 6.92 Å². The van der Waals surface area contributed by atoms with E-state index in [1.165, 1.54) is 0 Å². The fraction of sp³-hybridized carbons (Fsp3) is 0.286. The number of benzene rings is 2. The summed E-state index contributed by atoms with van der Waals surface area (Å²) < 4.78 is 8.16. The lowest BCUT2D eigenvalue weighted by Crippen LogP contribution is -2.08. The third-order valence-electron chi connectivity index (χ3n) is 4.41. The maximum absolute atomic E-state index is 12.1. The zero-order valence-electron chi connectivity index (χ0n) is 15.9. The van der Waals surface area contributed by atoms with Crippen molar-refractivity contribution in [2.75, 3.05) is 6.61 Å². The SMILES string of the molecule is CCCCn1c(O)c(N=NC(=O)COc2ccccc2C)c2cc(Br)ccc21. The number of unbranched alkanes of at least 4 members (excludes halogenated alkanes) is 1. The lowest BCUT2D eigenvalue weighted by Gasteiger charge is -2.05. The number of azo groups is 1. The minimum atomic E-state index is -0.521. The zero-order valence-corrected chi connectivity index (χ0v) is 17.4. The maximum Gasteiger partial charge on any atom is 0.302 e. The van der Waals surface area contributed by atoms with Crippen molar-refractivity contribution in [2.45, 2.75) is 33.2 Å². The number of halogens is 1. The first-order chi connectivity index (χ1) is 13.5. The van der Waals surface area contributed by atoms with Crippen molar-refractivity contribution >= 4 is 38.4 Å². The molecule has 0 bridgehead atoms. The number of para-hydroxylation sites is 1. The second-order valence-corrected chi connectivity index (χ2v) is 7.40. The molecule has 1 heterocycles. The highest BCUT2D eigenvalue weighted by molar-refractivity contribution is 9.10. The molecule has 1 aromatic heterocycles. The Kier molecular flexibility index (Phi) is 6.46. The quantitative estimate of drug-likeness (QED) is 0.461. The van der Waals surface area contributed by atoms with Gasteiger partial charge in [0.2, 0.25) is 5.88 Å². The van der Waals surface area contributed by atoms with Gasteiger partial charge in [-0.2, -0.15) is 0 Å². The van der Waals surface area contributed by atoms with Crippen LogP contribution in [0.1, 0.15) is 25.3 Å². The largest absolute Gasteiger partial charge is 0.493 e. The third kappa shape index (κ3) is 4.42. The molecule has 3 aromatic rings. The van der Waals surface area contributed by atoms with Crippen LogP contribution >= 0.6 is 15.9 Å². The average Bonchev–Trinajstić information content (AvgIpc) is 2.94. The van der Waals surface area contributed by atoms with Gasteiger partial charge in [0.1, 0.15) is 5.75 Å². The van der Waals surface area contributed by atoms with E-state index >= 15 is 0 Å². The summed E-state index contributed by atoms with van der Waals surface area (Å²) >= 11 is 3.44. The van der Waals surface area contributed by atoms with Crippen LogP contribution in [0.4, 0.5) is 5.69 Å². The van der Waals surface area contributed by atoms with Gasteiger partial charge in [-0.25, -0.2) is 0 Å². The van der Waals surface area contributed by atoms with Crippen molar-refractivity contribution in [1.29, 1.82) is 0 Å². The number of fused-ring (bicyclic) bond motifs is 1. The number of aryl methyl sites for hydroxylation is 2. The van der Waals surface area contributed by atoms with Crippen molar-refractivity contribution in [2.24, 2.45) is 10.2 Å². The highest BCUT2D eigenvalue weighted by Crippen LogP contribution is 2.40. The molecule has 0 saturated heterocycles. The van der Waals surface area contributed by atoms with Crippen molar-refractivity contribution in [1.82, 2.24) is 4.57 Å². The number of carbonyl (C=O) groups is 1. The number of rotatable bonds is 7. The highest BCUT2D eigenvalue weighted by Gasteiger charge is 2.17. The van der Waals surface area contributed by atoms with Crippen LogP contribution in [0.2, 0.25) is 0 Å². The summed E-state index contributed by atoms with van der Waals surface area (Å²) in [7, 11) is 0. The van der Waals surface area contributed by atoms with E-state index in [2.05, 4.69) is 33.1 Å². The molecule has 1 N–H and O–H groups in total. The predicted molar refractivity (Wildman–Crippen MR) is 112 cm³/mol. The molecule has 28 heavy (non-hydrogen) atoms. The topological polar surface area (TPSA) is 76.2 Å². The number of hydrogen-bond donors (Lipinski definition) is 1. The van der Waals surface area contributed by atoms with E-state index in [0.717, 1.165) is 33.8 Å². The van der Waals surface area contributed by atoms with Gasteiger partial charge >= 0.3 is 5.91 Å². The van der Waals surface area contributed by atoms with Gasteiger partial charge in [-0.05, 0) is 43.2 Å². The minimum absolute atomic E-state index is 0.0120. The maximum atomic E-state index is 12.1. The molecule has 0 fully saturated rings. The Morgan fingerprint density at radius 3 is 2.79 bits per heavy atom. The fourth-order valence-corrected chi connectivity index (χ4v) is 3.29. The monoisotopic (exact) mass is 443 g/mol. The molecule has 0 radical (unpaired) electrons. The smallest absolute Gasteiger partial charge is 0.302 e. The van der Waals surface area contributed by atoms with Crippen molar-refractivity contribution in [3.05, 3.63) is 52.5 Å². The molecule has 0 spiro atoms. The van der Waals surface area contributed by atoms with E-state index < -0.39 is 5.91 Å². The van der Waals surface area contributed by atoms with Gasteiger partial charge in [0, 0.05) is 16.4 Å². The lowest BCUT2D eigenvalue weighted by atomic mass is 10.2. The number of hydrogen-bond acceptors (Lipinski definition) is 4. The van der Waals surface area contributed by atoms with Crippen molar-refractivity contribution in [3.8, 4) is 11.6 Å². The van der Waals surface area contributed by atoms with Gasteiger partial charge in [0.05, 0.1) is 5.52 Å². The first kappa shape index (κ1) is 20.1. The van der Waals surface area contributed by atoms with E-state index in [0.29, 0.717) is 12.3 Å². The molecule has 7 heteroatoms.